The molecule has 23 heavy (non-hydrogen) atoms. The van der Waals surface area contributed by atoms with Crippen molar-refractivity contribution in [3.8, 4) is 0 Å². The monoisotopic (exact) mass is 318 g/mol. The van der Waals surface area contributed by atoms with E-state index in [0.29, 0.717) is 16.9 Å². The summed E-state index contributed by atoms with van der Waals surface area (Å²) in [6.45, 7) is 5.21. The summed E-state index contributed by atoms with van der Waals surface area (Å²) in [5.74, 6) is 3.89. The quantitative estimate of drug-likeness (QED) is 0.781. The van der Waals surface area contributed by atoms with Crippen molar-refractivity contribution < 1.29 is 0 Å². The first-order valence-electron chi connectivity index (χ1n) is 10.3. The van der Waals surface area contributed by atoms with E-state index in [0.717, 1.165) is 29.7 Å². The number of fused-ring (bicyclic) bond motifs is 5. The lowest BCUT2D eigenvalue weighted by Gasteiger charge is -2.61. The van der Waals surface area contributed by atoms with Gasteiger partial charge in [0.1, 0.15) is 0 Å². The van der Waals surface area contributed by atoms with Crippen LogP contribution >= 0.6 is 0 Å². The molecule has 2 nitrogen and oxygen atoms in total. The maximum absolute atomic E-state index is 6.56. The van der Waals surface area contributed by atoms with E-state index in [9.17, 15) is 0 Å². The first kappa shape index (κ1) is 16.4. The zero-order valence-corrected chi connectivity index (χ0v) is 15.9. The van der Waals surface area contributed by atoms with Gasteiger partial charge in [-0.1, -0.05) is 13.8 Å². The molecule has 4 aliphatic rings. The maximum atomic E-state index is 6.56. The zero-order chi connectivity index (χ0) is 16.4. The van der Waals surface area contributed by atoms with Crippen LogP contribution in [0.3, 0.4) is 0 Å². The van der Waals surface area contributed by atoms with Gasteiger partial charge in [-0.15, -0.1) is 0 Å². The molecule has 4 saturated carbocycles. The Morgan fingerprint density at radius 3 is 2.26 bits per heavy atom. The van der Waals surface area contributed by atoms with Crippen LogP contribution < -0.4 is 5.73 Å². The van der Waals surface area contributed by atoms with Gasteiger partial charge in [-0.2, -0.15) is 0 Å². The Labute approximate surface area is 143 Å². The van der Waals surface area contributed by atoms with Crippen LogP contribution in [0, 0.1) is 34.5 Å². The highest BCUT2D eigenvalue weighted by Crippen LogP contribution is 2.66. The normalized spacial score (nSPS) is 56.1. The molecule has 4 aliphatic carbocycles. The average Bonchev–Trinajstić information content (AvgIpc) is 2.82. The smallest absolute Gasteiger partial charge is 0.00957 e. The van der Waals surface area contributed by atoms with Gasteiger partial charge in [0.25, 0.3) is 0 Å². The minimum atomic E-state index is 0.463. The van der Waals surface area contributed by atoms with Crippen molar-refractivity contribution in [3.63, 3.8) is 0 Å². The molecule has 2 N–H and O–H groups in total. The second-order valence-electron chi connectivity index (χ2n) is 10.3. The van der Waals surface area contributed by atoms with E-state index in [-0.39, 0.29) is 0 Å². The van der Waals surface area contributed by atoms with E-state index >= 15 is 0 Å². The average molecular weight is 319 g/mol. The number of rotatable bonds is 1. The van der Waals surface area contributed by atoms with Crippen LogP contribution in [0.5, 0.6) is 0 Å². The summed E-state index contributed by atoms with van der Waals surface area (Å²) >= 11 is 0. The van der Waals surface area contributed by atoms with Gasteiger partial charge in [0.05, 0.1) is 0 Å². The van der Waals surface area contributed by atoms with Crippen molar-refractivity contribution in [2.75, 3.05) is 14.1 Å². The van der Waals surface area contributed by atoms with Crippen LogP contribution in [0.15, 0.2) is 0 Å². The Hall–Kier alpha value is -0.0800. The van der Waals surface area contributed by atoms with Crippen LogP contribution in [0.2, 0.25) is 0 Å². The van der Waals surface area contributed by atoms with Crippen molar-refractivity contribution in [2.24, 2.45) is 40.2 Å². The Morgan fingerprint density at radius 2 is 1.52 bits per heavy atom. The van der Waals surface area contributed by atoms with Crippen molar-refractivity contribution >= 4 is 0 Å². The fraction of sp³-hybridized carbons (Fsp3) is 1.00. The standard InChI is InChI=1S/C21H38N2/c1-20-11-9-15(23(3)4)13-14(20)5-6-16-17-7-8-19(22)21(17,2)12-10-18(16)20/h14-19H,5-13,22H2,1-4H3. The van der Waals surface area contributed by atoms with Crippen molar-refractivity contribution in [2.45, 2.75) is 83.7 Å². The molecule has 0 aromatic carbocycles. The number of nitrogens with two attached hydrogens (primary N) is 1. The number of nitrogens with zero attached hydrogens (tertiary/aromatic N) is 1. The van der Waals surface area contributed by atoms with Gasteiger partial charge in [0.15, 0.2) is 0 Å². The first-order valence-corrected chi connectivity index (χ1v) is 10.3. The topological polar surface area (TPSA) is 29.3 Å². The van der Waals surface area contributed by atoms with Gasteiger partial charge < -0.3 is 10.6 Å². The van der Waals surface area contributed by atoms with E-state index in [4.69, 9.17) is 5.73 Å². The molecule has 0 bridgehead atoms. The van der Waals surface area contributed by atoms with Gasteiger partial charge >= 0.3 is 0 Å². The molecular weight excluding hydrogens is 280 g/mol. The zero-order valence-electron chi connectivity index (χ0n) is 15.9. The Kier molecular flexibility index (Phi) is 3.89. The predicted octanol–water partition coefficient (Wildman–Crippen LogP) is 4.29. The molecule has 0 amide bonds. The number of hydrogen-bond donors (Lipinski definition) is 1. The molecule has 0 aliphatic heterocycles. The van der Waals surface area contributed by atoms with Crippen LogP contribution in [0.25, 0.3) is 0 Å². The lowest BCUT2D eigenvalue weighted by Crippen LogP contribution is -2.56. The van der Waals surface area contributed by atoms with E-state index in [1.54, 1.807) is 0 Å². The van der Waals surface area contributed by atoms with E-state index in [2.05, 4.69) is 32.8 Å². The molecule has 4 fully saturated rings. The molecule has 132 valence electrons. The molecule has 8 atom stereocenters. The lowest BCUT2D eigenvalue weighted by atomic mass is 9.45. The van der Waals surface area contributed by atoms with Crippen LogP contribution in [0.1, 0.15) is 71.6 Å². The minimum absolute atomic E-state index is 0.463. The fourth-order valence-electron chi connectivity index (χ4n) is 7.75. The van der Waals surface area contributed by atoms with Gasteiger partial charge in [0, 0.05) is 12.1 Å². The van der Waals surface area contributed by atoms with Gasteiger partial charge in [0.2, 0.25) is 0 Å². The molecule has 0 radical (unpaired) electrons. The Bertz CT molecular complexity index is 461. The lowest BCUT2D eigenvalue weighted by molar-refractivity contribution is -0.114. The van der Waals surface area contributed by atoms with Crippen molar-refractivity contribution in [1.29, 1.82) is 0 Å². The van der Waals surface area contributed by atoms with E-state index in [1.165, 1.54) is 57.8 Å². The molecule has 0 aromatic heterocycles. The maximum Gasteiger partial charge on any atom is 0.00957 e. The van der Waals surface area contributed by atoms with Gasteiger partial charge in [-0.25, -0.2) is 0 Å². The van der Waals surface area contributed by atoms with E-state index in [1.807, 2.05) is 0 Å². The molecule has 8 unspecified atom stereocenters. The summed E-state index contributed by atoms with van der Waals surface area (Å²) in [4.78, 5) is 2.49. The second kappa shape index (κ2) is 5.46. The fourth-order valence-corrected chi connectivity index (χ4v) is 7.75. The summed E-state index contributed by atoms with van der Waals surface area (Å²) in [5, 5.41) is 0. The Balaban J connectivity index is 1.57. The summed E-state index contributed by atoms with van der Waals surface area (Å²) in [5.41, 5.74) is 7.65. The highest BCUT2D eigenvalue weighted by molar-refractivity contribution is 5.10. The van der Waals surface area contributed by atoms with Crippen LogP contribution in [-0.4, -0.2) is 31.1 Å². The van der Waals surface area contributed by atoms with Gasteiger partial charge in [-0.3, -0.25) is 0 Å². The molecular formula is C21H38N2. The summed E-state index contributed by atoms with van der Waals surface area (Å²) in [6.07, 6.45) is 12.9. The summed E-state index contributed by atoms with van der Waals surface area (Å²) < 4.78 is 0. The second-order valence-corrected chi connectivity index (χ2v) is 10.3. The molecule has 0 saturated heterocycles. The highest BCUT2D eigenvalue weighted by atomic mass is 15.1. The largest absolute Gasteiger partial charge is 0.327 e. The van der Waals surface area contributed by atoms with Crippen LogP contribution in [0.4, 0.5) is 0 Å². The third-order valence-electron chi connectivity index (χ3n) is 9.44. The summed E-state index contributed by atoms with van der Waals surface area (Å²) in [7, 11) is 4.57. The predicted molar refractivity (Wildman–Crippen MR) is 97.2 cm³/mol. The van der Waals surface area contributed by atoms with Crippen LogP contribution in [-0.2, 0) is 0 Å². The van der Waals surface area contributed by atoms with Gasteiger partial charge in [-0.05, 0) is 106 Å². The molecule has 0 spiro atoms. The molecule has 4 rings (SSSR count). The minimum Gasteiger partial charge on any atom is -0.327 e. The third kappa shape index (κ3) is 2.27. The molecule has 2 heteroatoms. The van der Waals surface area contributed by atoms with E-state index < -0.39 is 0 Å². The third-order valence-corrected chi connectivity index (χ3v) is 9.44. The molecule has 0 aromatic rings. The Morgan fingerprint density at radius 1 is 0.826 bits per heavy atom. The number of hydrogen-bond acceptors (Lipinski definition) is 2. The molecule has 0 heterocycles. The summed E-state index contributed by atoms with van der Waals surface area (Å²) in [6, 6.07) is 1.31. The van der Waals surface area contributed by atoms with Crippen molar-refractivity contribution in [3.05, 3.63) is 0 Å². The highest BCUT2D eigenvalue weighted by Gasteiger charge is 2.59. The van der Waals surface area contributed by atoms with Crippen molar-refractivity contribution in [1.82, 2.24) is 4.90 Å². The first-order chi connectivity index (χ1) is 10.9. The SMILES string of the molecule is CN(C)C1CCC2(C)C(CCC3C4CCC(N)C4(C)CCC32)C1.